The minimum absolute atomic E-state index is 0.182. The van der Waals surface area contributed by atoms with Crippen molar-refractivity contribution >= 4 is 28.5 Å². The largest absolute Gasteiger partial charge is 0.464 e. The van der Waals surface area contributed by atoms with Gasteiger partial charge >= 0.3 is 0 Å². The predicted molar refractivity (Wildman–Crippen MR) is 100 cm³/mol. The second kappa shape index (κ2) is 6.33. The lowest BCUT2D eigenvalue weighted by molar-refractivity contribution is -0.135. The molecule has 0 spiro atoms. The summed E-state index contributed by atoms with van der Waals surface area (Å²) < 4.78 is 5.70. The molecule has 2 fully saturated rings. The van der Waals surface area contributed by atoms with Crippen molar-refractivity contribution < 1.29 is 9.21 Å². The molecule has 1 unspecified atom stereocenters. The SMILES string of the molecule is Cc1cc2occ(CC(=O)N3CCN(C4CC4)CC3C)c2c(C)c1Cl. The molecule has 0 N–H and O–H groups in total. The number of piperazine rings is 1. The zero-order chi connectivity index (χ0) is 17.7. The average molecular weight is 361 g/mol. The summed E-state index contributed by atoms with van der Waals surface area (Å²) in [6.07, 6.45) is 4.74. The van der Waals surface area contributed by atoms with E-state index in [-0.39, 0.29) is 11.9 Å². The summed E-state index contributed by atoms with van der Waals surface area (Å²) >= 11 is 6.40. The van der Waals surface area contributed by atoms with Gasteiger partial charge in [-0.15, -0.1) is 0 Å². The molecule has 5 heteroatoms. The zero-order valence-electron chi connectivity index (χ0n) is 15.1. The number of halogens is 1. The van der Waals surface area contributed by atoms with Gasteiger partial charge in [0.15, 0.2) is 0 Å². The lowest BCUT2D eigenvalue weighted by Crippen LogP contribution is -2.54. The van der Waals surface area contributed by atoms with E-state index in [1.165, 1.54) is 12.8 Å². The van der Waals surface area contributed by atoms with E-state index in [0.717, 1.165) is 58.4 Å². The first-order valence-electron chi connectivity index (χ1n) is 9.15. The number of furan rings is 1. The maximum atomic E-state index is 12.9. The van der Waals surface area contributed by atoms with Crippen LogP contribution in [0.1, 0.15) is 36.5 Å². The number of aryl methyl sites for hydroxylation is 2. The Balaban J connectivity index is 1.53. The first-order chi connectivity index (χ1) is 12.0. The van der Waals surface area contributed by atoms with Gasteiger partial charge in [-0.3, -0.25) is 9.69 Å². The average Bonchev–Trinajstić information content (AvgIpc) is 3.35. The van der Waals surface area contributed by atoms with Crippen molar-refractivity contribution in [2.24, 2.45) is 0 Å². The lowest BCUT2D eigenvalue weighted by Gasteiger charge is -2.40. The van der Waals surface area contributed by atoms with Crippen LogP contribution in [0.2, 0.25) is 5.02 Å². The highest BCUT2D eigenvalue weighted by Crippen LogP contribution is 2.33. The van der Waals surface area contributed by atoms with Gasteiger partial charge in [0.1, 0.15) is 5.58 Å². The summed E-state index contributed by atoms with van der Waals surface area (Å²) in [5.74, 6) is 0.182. The number of hydrogen-bond donors (Lipinski definition) is 0. The predicted octanol–water partition coefficient (Wildman–Crippen LogP) is 3.94. The van der Waals surface area contributed by atoms with Gasteiger partial charge in [0.2, 0.25) is 5.91 Å². The molecular formula is C20H25ClN2O2. The van der Waals surface area contributed by atoms with E-state index in [2.05, 4.69) is 11.8 Å². The van der Waals surface area contributed by atoms with E-state index in [4.69, 9.17) is 16.0 Å². The number of nitrogens with zero attached hydrogens (tertiary/aromatic N) is 2. The second-order valence-corrected chi connectivity index (χ2v) is 7.98. The lowest BCUT2D eigenvalue weighted by atomic mass is 10.0. The molecule has 1 aromatic carbocycles. The fourth-order valence-electron chi connectivity index (χ4n) is 4.13. The molecule has 25 heavy (non-hydrogen) atoms. The standard InChI is InChI=1S/C20H25ClN2O2/c1-12-8-17-19(14(3)20(12)21)15(11-25-17)9-18(24)23-7-6-22(10-13(23)2)16-4-5-16/h8,11,13,16H,4-7,9-10H2,1-3H3. The van der Waals surface area contributed by atoms with Crippen molar-refractivity contribution in [3.05, 3.63) is 34.0 Å². The van der Waals surface area contributed by atoms with Crippen LogP contribution in [0.4, 0.5) is 0 Å². The molecule has 2 aliphatic rings. The van der Waals surface area contributed by atoms with E-state index in [1.54, 1.807) is 6.26 Å². The topological polar surface area (TPSA) is 36.7 Å². The van der Waals surface area contributed by atoms with Gasteiger partial charge in [-0.2, -0.15) is 0 Å². The highest BCUT2D eigenvalue weighted by Gasteiger charge is 2.35. The molecule has 1 aliphatic carbocycles. The molecule has 1 aromatic heterocycles. The van der Waals surface area contributed by atoms with Crippen LogP contribution >= 0.6 is 11.6 Å². The van der Waals surface area contributed by atoms with Crippen LogP contribution in [0.3, 0.4) is 0 Å². The molecular weight excluding hydrogens is 336 g/mol. The van der Waals surface area contributed by atoms with E-state index < -0.39 is 0 Å². The summed E-state index contributed by atoms with van der Waals surface area (Å²) in [5, 5.41) is 1.75. The Bertz CT molecular complexity index is 825. The van der Waals surface area contributed by atoms with Crippen molar-refractivity contribution in [1.29, 1.82) is 0 Å². The monoisotopic (exact) mass is 360 g/mol. The van der Waals surface area contributed by atoms with Gasteiger partial charge in [0.05, 0.1) is 12.7 Å². The fraction of sp³-hybridized carbons (Fsp3) is 0.550. The van der Waals surface area contributed by atoms with E-state index in [9.17, 15) is 4.79 Å². The van der Waals surface area contributed by atoms with Crippen molar-refractivity contribution in [3.63, 3.8) is 0 Å². The van der Waals surface area contributed by atoms with Crippen LogP contribution in [0, 0.1) is 13.8 Å². The van der Waals surface area contributed by atoms with Gasteiger partial charge in [0, 0.05) is 47.7 Å². The zero-order valence-corrected chi connectivity index (χ0v) is 15.9. The Morgan fingerprint density at radius 3 is 2.76 bits per heavy atom. The summed E-state index contributed by atoms with van der Waals surface area (Å²) in [6.45, 7) is 8.95. The van der Waals surface area contributed by atoms with Crippen LogP contribution in [0.15, 0.2) is 16.7 Å². The molecule has 0 bridgehead atoms. The van der Waals surface area contributed by atoms with Crippen molar-refractivity contribution in [2.45, 2.75) is 52.1 Å². The summed E-state index contributed by atoms with van der Waals surface area (Å²) in [7, 11) is 0. The summed E-state index contributed by atoms with van der Waals surface area (Å²) in [6, 6.07) is 2.99. The highest BCUT2D eigenvalue weighted by molar-refractivity contribution is 6.33. The molecule has 1 aliphatic heterocycles. The number of benzene rings is 1. The Kier molecular flexibility index (Phi) is 4.28. The molecule has 1 atom stereocenters. The van der Waals surface area contributed by atoms with E-state index in [0.29, 0.717) is 6.42 Å². The number of carbonyl (C=O) groups excluding carboxylic acids is 1. The minimum Gasteiger partial charge on any atom is -0.464 e. The van der Waals surface area contributed by atoms with Gasteiger partial charge < -0.3 is 9.32 Å². The third-order valence-corrected chi connectivity index (χ3v) is 6.26. The molecule has 134 valence electrons. The minimum atomic E-state index is 0.182. The maximum absolute atomic E-state index is 12.9. The molecule has 1 amide bonds. The number of rotatable bonds is 3. The van der Waals surface area contributed by atoms with E-state index in [1.807, 2.05) is 24.8 Å². The first-order valence-corrected chi connectivity index (χ1v) is 9.52. The Labute approximate surface area is 153 Å². The number of hydrogen-bond acceptors (Lipinski definition) is 3. The highest BCUT2D eigenvalue weighted by atomic mass is 35.5. The van der Waals surface area contributed by atoms with Crippen LogP contribution < -0.4 is 0 Å². The summed E-state index contributed by atoms with van der Waals surface area (Å²) in [5.41, 5.74) is 3.76. The van der Waals surface area contributed by atoms with Gasteiger partial charge in [-0.05, 0) is 50.8 Å². The van der Waals surface area contributed by atoms with Crippen LogP contribution in [-0.2, 0) is 11.2 Å². The van der Waals surface area contributed by atoms with Crippen molar-refractivity contribution in [3.8, 4) is 0 Å². The van der Waals surface area contributed by atoms with Crippen molar-refractivity contribution in [2.75, 3.05) is 19.6 Å². The number of fused-ring (bicyclic) bond motifs is 1. The molecule has 0 radical (unpaired) electrons. The third kappa shape index (κ3) is 3.06. The van der Waals surface area contributed by atoms with Crippen molar-refractivity contribution in [1.82, 2.24) is 9.80 Å². The number of amides is 1. The Hall–Kier alpha value is -1.52. The quantitative estimate of drug-likeness (QED) is 0.831. The van der Waals surface area contributed by atoms with Crippen LogP contribution in [-0.4, -0.2) is 47.4 Å². The Morgan fingerprint density at radius 1 is 1.32 bits per heavy atom. The smallest absolute Gasteiger partial charge is 0.227 e. The third-order valence-electron chi connectivity index (χ3n) is 5.68. The van der Waals surface area contributed by atoms with Gasteiger partial charge in [-0.25, -0.2) is 0 Å². The molecule has 2 heterocycles. The first kappa shape index (κ1) is 16.9. The second-order valence-electron chi connectivity index (χ2n) is 7.61. The van der Waals surface area contributed by atoms with Gasteiger partial charge in [-0.1, -0.05) is 11.6 Å². The fourth-order valence-corrected chi connectivity index (χ4v) is 4.28. The summed E-state index contributed by atoms with van der Waals surface area (Å²) in [4.78, 5) is 17.5. The number of carbonyl (C=O) groups is 1. The maximum Gasteiger partial charge on any atom is 0.227 e. The molecule has 1 saturated heterocycles. The Morgan fingerprint density at radius 2 is 2.08 bits per heavy atom. The molecule has 4 nitrogen and oxygen atoms in total. The van der Waals surface area contributed by atoms with Crippen LogP contribution in [0.25, 0.3) is 11.0 Å². The van der Waals surface area contributed by atoms with Crippen LogP contribution in [0.5, 0.6) is 0 Å². The van der Waals surface area contributed by atoms with Gasteiger partial charge in [0.25, 0.3) is 0 Å². The molecule has 2 aromatic rings. The molecule has 1 saturated carbocycles. The van der Waals surface area contributed by atoms with E-state index >= 15 is 0 Å². The normalized spacial score (nSPS) is 21.9. The molecule has 4 rings (SSSR count).